The van der Waals surface area contributed by atoms with Crippen molar-refractivity contribution in [2.45, 2.75) is 19.6 Å². The van der Waals surface area contributed by atoms with Crippen molar-refractivity contribution in [2.75, 3.05) is 0 Å². The summed E-state index contributed by atoms with van der Waals surface area (Å²) in [6, 6.07) is 9.16. The van der Waals surface area contributed by atoms with Crippen molar-refractivity contribution in [2.24, 2.45) is 0 Å². The molecule has 0 aliphatic carbocycles. The third kappa shape index (κ3) is 3.86. The van der Waals surface area contributed by atoms with E-state index in [0.717, 1.165) is 24.3 Å². The van der Waals surface area contributed by atoms with Gasteiger partial charge in [-0.15, -0.1) is 0 Å². The smallest absolute Gasteiger partial charge is 0.177 e. The maximum Gasteiger partial charge on any atom is 0.177 e. The minimum absolute atomic E-state index is 0.210. The third-order valence-corrected chi connectivity index (χ3v) is 5.39. The van der Waals surface area contributed by atoms with Crippen LogP contribution in [0.5, 0.6) is 0 Å². The molecular weight excluding hydrogens is 394 g/mol. The topological polar surface area (TPSA) is 0 Å². The summed E-state index contributed by atoms with van der Waals surface area (Å²) in [5, 5.41) is 0. The lowest BCUT2D eigenvalue weighted by atomic mass is 10.3. The Morgan fingerprint density at radius 2 is 0.692 bits per heavy atom. The summed E-state index contributed by atoms with van der Waals surface area (Å²) in [5.74, 6) is -7.33. The summed E-state index contributed by atoms with van der Waals surface area (Å²) in [7, 11) is 0. The van der Waals surface area contributed by atoms with Gasteiger partial charge < -0.3 is 0 Å². The van der Waals surface area contributed by atoms with Gasteiger partial charge in [-0.3, -0.25) is 0 Å². The zero-order chi connectivity index (χ0) is 18.8. The number of hydrogen-bond donors (Lipinski definition) is 0. The first-order valence-corrected chi connectivity index (χ1v) is 8.73. The van der Waals surface area contributed by atoms with Gasteiger partial charge in [-0.2, -0.15) is 0 Å². The van der Waals surface area contributed by atoms with Gasteiger partial charge in [-0.05, 0) is 48.5 Å². The Hall–Kier alpha value is -2.06. The molecule has 0 aliphatic rings. The molecule has 0 nitrogen and oxygen atoms in total. The van der Waals surface area contributed by atoms with Crippen molar-refractivity contribution in [3.8, 4) is 0 Å². The average Bonchev–Trinajstić information content (AvgIpc) is 2.64. The van der Waals surface area contributed by atoms with Gasteiger partial charge >= 0.3 is 0 Å². The van der Waals surface area contributed by atoms with E-state index in [0.29, 0.717) is 23.5 Å². The monoisotopic (exact) mass is 402 g/mol. The second-order valence-corrected chi connectivity index (χ2v) is 7.19. The molecule has 0 radical (unpaired) electrons. The van der Waals surface area contributed by atoms with Gasteiger partial charge in [-0.25, -0.2) is 26.3 Å². The van der Waals surface area contributed by atoms with Crippen LogP contribution in [0.4, 0.5) is 26.3 Å². The van der Waals surface area contributed by atoms with Crippen molar-refractivity contribution in [3.05, 3.63) is 83.4 Å². The van der Waals surface area contributed by atoms with Crippen molar-refractivity contribution in [1.29, 1.82) is 0 Å². The summed E-state index contributed by atoms with van der Waals surface area (Å²) in [6.07, 6.45) is 0. The molecule has 0 unspecified atom stereocenters. The third-order valence-electron chi connectivity index (χ3n) is 3.25. The van der Waals surface area contributed by atoms with Gasteiger partial charge in [0.05, 0.1) is 9.79 Å². The van der Waals surface area contributed by atoms with E-state index in [9.17, 15) is 26.3 Å². The van der Waals surface area contributed by atoms with E-state index in [1.54, 1.807) is 0 Å². The van der Waals surface area contributed by atoms with Gasteiger partial charge in [0.1, 0.15) is 11.6 Å². The molecule has 0 aromatic heterocycles. The SMILES string of the molecule is Fc1ccc(Sc2c(F)c(F)c(Sc3ccc(F)cc3)c(F)c2F)cc1. The molecule has 0 fully saturated rings. The van der Waals surface area contributed by atoms with Gasteiger partial charge in [0.15, 0.2) is 23.3 Å². The van der Waals surface area contributed by atoms with E-state index in [1.807, 2.05) is 0 Å². The molecule has 0 amide bonds. The molecule has 0 heterocycles. The molecule has 0 spiro atoms. The zero-order valence-electron chi connectivity index (χ0n) is 12.7. The van der Waals surface area contributed by atoms with Crippen molar-refractivity contribution in [3.63, 3.8) is 0 Å². The first kappa shape index (κ1) is 18.7. The lowest BCUT2D eigenvalue weighted by Gasteiger charge is -2.11. The Morgan fingerprint density at radius 1 is 0.423 bits per heavy atom. The largest absolute Gasteiger partial charge is 0.207 e. The van der Waals surface area contributed by atoms with Crippen LogP contribution in [0, 0.1) is 34.9 Å². The normalized spacial score (nSPS) is 11.0. The molecule has 3 rings (SSSR count). The van der Waals surface area contributed by atoms with E-state index in [2.05, 4.69) is 0 Å². The molecule has 0 bridgehead atoms. The Labute approximate surface area is 153 Å². The quantitative estimate of drug-likeness (QED) is 0.347. The Balaban J connectivity index is 1.98. The number of rotatable bonds is 4. The van der Waals surface area contributed by atoms with E-state index >= 15 is 0 Å². The maximum atomic E-state index is 14.3. The Morgan fingerprint density at radius 3 is 0.962 bits per heavy atom. The fourth-order valence-corrected chi connectivity index (χ4v) is 3.74. The second kappa shape index (κ2) is 7.67. The van der Waals surface area contributed by atoms with Gasteiger partial charge in [0.25, 0.3) is 0 Å². The maximum absolute atomic E-state index is 14.3. The van der Waals surface area contributed by atoms with Crippen LogP contribution < -0.4 is 0 Å². The van der Waals surface area contributed by atoms with Crippen molar-refractivity contribution < 1.29 is 26.3 Å². The Kier molecular flexibility index (Phi) is 5.52. The summed E-state index contributed by atoms with van der Waals surface area (Å²) in [6.45, 7) is 0. The van der Waals surface area contributed by atoms with Crippen LogP contribution in [0.25, 0.3) is 0 Å². The lowest BCUT2D eigenvalue weighted by molar-refractivity contribution is 0.401. The molecule has 0 aliphatic heterocycles. The molecule has 0 N–H and O–H groups in total. The predicted molar refractivity (Wildman–Crippen MR) is 87.3 cm³/mol. The predicted octanol–water partition coefficient (Wildman–Crippen LogP) is 6.82. The molecular formula is C18H8F6S2. The number of benzene rings is 3. The molecule has 3 aromatic carbocycles. The van der Waals surface area contributed by atoms with Crippen LogP contribution in [-0.4, -0.2) is 0 Å². The van der Waals surface area contributed by atoms with Crippen LogP contribution in [0.3, 0.4) is 0 Å². The van der Waals surface area contributed by atoms with Gasteiger partial charge in [0, 0.05) is 9.79 Å². The molecule has 0 saturated heterocycles. The minimum Gasteiger partial charge on any atom is -0.207 e. The highest BCUT2D eigenvalue weighted by molar-refractivity contribution is 7.99. The van der Waals surface area contributed by atoms with Crippen LogP contribution >= 0.6 is 23.5 Å². The summed E-state index contributed by atoms with van der Waals surface area (Å²) in [5.41, 5.74) is 0. The fourth-order valence-electron chi connectivity index (χ4n) is 2.01. The Bertz CT molecular complexity index is 832. The lowest BCUT2D eigenvalue weighted by Crippen LogP contribution is -2.01. The second-order valence-electron chi connectivity index (χ2n) is 5.03. The van der Waals surface area contributed by atoms with E-state index in [-0.39, 0.29) is 9.79 Å². The van der Waals surface area contributed by atoms with Crippen LogP contribution in [0.1, 0.15) is 0 Å². The van der Waals surface area contributed by atoms with Crippen molar-refractivity contribution in [1.82, 2.24) is 0 Å². The van der Waals surface area contributed by atoms with E-state index in [1.165, 1.54) is 24.3 Å². The molecule has 26 heavy (non-hydrogen) atoms. The summed E-state index contributed by atoms with van der Waals surface area (Å²) in [4.78, 5) is -1.31. The first-order chi connectivity index (χ1) is 12.4. The van der Waals surface area contributed by atoms with Crippen LogP contribution in [-0.2, 0) is 0 Å². The zero-order valence-corrected chi connectivity index (χ0v) is 14.3. The number of hydrogen-bond acceptors (Lipinski definition) is 2. The molecule has 8 heteroatoms. The minimum atomic E-state index is -1.55. The summed E-state index contributed by atoms with van der Waals surface area (Å²) < 4.78 is 82.9. The fraction of sp³-hybridized carbons (Fsp3) is 0. The highest BCUT2D eigenvalue weighted by Gasteiger charge is 2.26. The van der Waals surface area contributed by atoms with Crippen LogP contribution in [0.2, 0.25) is 0 Å². The van der Waals surface area contributed by atoms with Gasteiger partial charge in [-0.1, -0.05) is 23.5 Å². The average molecular weight is 402 g/mol. The van der Waals surface area contributed by atoms with E-state index in [4.69, 9.17) is 0 Å². The first-order valence-electron chi connectivity index (χ1n) is 7.09. The standard InChI is InChI=1S/C18H8F6S2/c19-9-1-5-11(6-2-9)25-17-13(21)15(23)18(16(24)14(17)22)26-12-7-3-10(20)4-8-12/h1-8H. The highest BCUT2D eigenvalue weighted by atomic mass is 32.2. The highest BCUT2D eigenvalue weighted by Crippen LogP contribution is 2.40. The molecule has 0 saturated carbocycles. The van der Waals surface area contributed by atoms with Crippen LogP contribution in [0.15, 0.2) is 68.1 Å². The molecule has 0 atom stereocenters. The van der Waals surface area contributed by atoms with E-state index < -0.39 is 44.7 Å². The number of halogens is 6. The van der Waals surface area contributed by atoms with Crippen molar-refractivity contribution >= 4 is 23.5 Å². The molecule has 134 valence electrons. The summed E-state index contributed by atoms with van der Waals surface area (Å²) >= 11 is 0.879. The van der Waals surface area contributed by atoms with Gasteiger partial charge in [0.2, 0.25) is 0 Å². The molecule has 3 aromatic rings.